The summed E-state index contributed by atoms with van der Waals surface area (Å²) in [7, 11) is 3.09. The molecule has 0 aliphatic carbocycles. The largest absolute Gasteiger partial charge is 0.496 e. The summed E-state index contributed by atoms with van der Waals surface area (Å²) in [5.41, 5.74) is 4.14. The van der Waals surface area contributed by atoms with Gasteiger partial charge in [-0.15, -0.1) is 0 Å². The van der Waals surface area contributed by atoms with Crippen LogP contribution in [-0.4, -0.2) is 49.4 Å². The van der Waals surface area contributed by atoms with Gasteiger partial charge in [0.05, 0.1) is 20.3 Å². The molecule has 0 amide bonds. The first-order valence-electron chi connectivity index (χ1n) is 9.74. The molecule has 0 saturated carbocycles. The third kappa shape index (κ3) is 2.83. The number of rotatable bonds is 4. The van der Waals surface area contributed by atoms with E-state index in [1.807, 2.05) is 19.1 Å². The van der Waals surface area contributed by atoms with Crippen molar-refractivity contribution in [1.82, 2.24) is 9.88 Å². The Bertz CT molecular complexity index is 945. The van der Waals surface area contributed by atoms with E-state index in [1.54, 1.807) is 13.2 Å². The number of piperidine rings is 1. The maximum Gasteiger partial charge on any atom is 0.333 e. The van der Waals surface area contributed by atoms with Gasteiger partial charge in [0.2, 0.25) is 0 Å². The fraction of sp³-hybridized carbons (Fsp3) is 0.455. The van der Waals surface area contributed by atoms with Crippen LogP contribution in [0.2, 0.25) is 0 Å². The van der Waals surface area contributed by atoms with Crippen molar-refractivity contribution in [3.8, 4) is 5.75 Å². The molecule has 1 saturated heterocycles. The average Bonchev–Trinajstić information content (AvgIpc) is 3.12. The van der Waals surface area contributed by atoms with E-state index in [4.69, 9.17) is 9.47 Å². The Morgan fingerprint density at radius 3 is 2.82 bits per heavy atom. The van der Waals surface area contributed by atoms with Crippen molar-refractivity contribution in [1.29, 1.82) is 0 Å². The van der Waals surface area contributed by atoms with Gasteiger partial charge in [-0.3, -0.25) is 4.90 Å². The highest BCUT2D eigenvalue weighted by atomic mass is 16.5. The topological polar surface area (TPSA) is 71.6 Å². The molecule has 2 aliphatic heterocycles. The molecule has 4 rings (SSSR count). The van der Waals surface area contributed by atoms with E-state index in [-0.39, 0.29) is 23.8 Å². The molecule has 1 N–H and O–H groups in total. The van der Waals surface area contributed by atoms with E-state index in [0.29, 0.717) is 18.5 Å². The highest BCUT2D eigenvalue weighted by molar-refractivity contribution is 5.91. The number of esters is 1. The maximum absolute atomic E-state index is 12.3. The van der Waals surface area contributed by atoms with Gasteiger partial charge in [-0.1, -0.05) is 12.1 Å². The number of aromatic nitrogens is 1. The highest BCUT2D eigenvalue weighted by Gasteiger charge is 2.42. The molecule has 1 fully saturated rings. The van der Waals surface area contributed by atoms with Crippen LogP contribution in [0, 0.1) is 11.8 Å². The first-order valence-corrected chi connectivity index (χ1v) is 9.74. The van der Waals surface area contributed by atoms with Crippen LogP contribution in [0.3, 0.4) is 0 Å². The van der Waals surface area contributed by atoms with Crippen molar-refractivity contribution in [2.24, 2.45) is 11.8 Å². The highest BCUT2D eigenvalue weighted by Crippen LogP contribution is 2.46. The molecular weight excluding hydrogens is 356 g/mol. The maximum atomic E-state index is 12.3. The molecule has 0 radical (unpaired) electrons. The van der Waals surface area contributed by atoms with Crippen molar-refractivity contribution >= 4 is 23.2 Å². The zero-order valence-electron chi connectivity index (χ0n) is 16.5. The smallest absolute Gasteiger partial charge is 0.333 e. The lowest BCUT2D eigenvalue weighted by Crippen LogP contribution is -2.47. The molecule has 6 nitrogen and oxygen atoms in total. The number of carbonyl (C=O) groups excluding carboxylic acids is 2. The van der Waals surface area contributed by atoms with Gasteiger partial charge in [-0.2, -0.15) is 0 Å². The number of H-pyrrole nitrogens is 1. The summed E-state index contributed by atoms with van der Waals surface area (Å²) in [6.45, 7) is 3.38. The number of nitrogens with one attached hydrogen (secondary N) is 1. The number of allylic oxidation sites excluding steroid dienone is 1. The quantitative estimate of drug-likeness (QED) is 0.500. The summed E-state index contributed by atoms with van der Waals surface area (Å²) in [4.78, 5) is 30.1. The van der Waals surface area contributed by atoms with Crippen molar-refractivity contribution in [2.75, 3.05) is 27.3 Å². The second kappa shape index (κ2) is 7.43. The Morgan fingerprint density at radius 2 is 2.14 bits per heavy atom. The molecular formula is C22H26N2O4. The Morgan fingerprint density at radius 1 is 1.32 bits per heavy atom. The van der Waals surface area contributed by atoms with E-state index in [0.717, 1.165) is 35.9 Å². The molecule has 148 valence electrons. The lowest BCUT2D eigenvalue weighted by molar-refractivity contribution is -0.137. The molecule has 2 aliphatic rings. The molecule has 0 bridgehead atoms. The van der Waals surface area contributed by atoms with Gasteiger partial charge in [0.15, 0.2) is 0 Å². The van der Waals surface area contributed by atoms with Crippen LogP contribution < -0.4 is 4.74 Å². The second-order valence-corrected chi connectivity index (χ2v) is 7.54. The van der Waals surface area contributed by atoms with E-state index < -0.39 is 0 Å². The third-order valence-electron chi connectivity index (χ3n) is 6.31. The number of aldehydes is 1. The summed E-state index contributed by atoms with van der Waals surface area (Å²) in [6, 6.07) is 6.19. The van der Waals surface area contributed by atoms with Crippen molar-refractivity contribution in [2.45, 2.75) is 25.8 Å². The SMILES string of the molecule is C/C=C(/C(=O)OC)[C@H]1C[C@H]2c3[nH]c4cccc(OC)c4c3CCN2C[C@H]1C=O. The number of nitrogens with zero attached hydrogens (tertiary/aromatic N) is 1. The van der Waals surface area contributed by atoms with Crippen LogP contribution in [0.25, 0.3) is 10.9 Å². The monoisotopic (exact) mass is 382 g/mol. The first kappa shape index (κ1) is 18.7. The summed E-state index contributed by atoms with van der Waals surface area (Å²) >= 11 is 0. The van der Waals surface area contributed by atoms with Gasteiger partial charge in [0.25, 0.3) is 0 Å². The zero-order chi connectivity index (χ0) is 19.8. The van der Waals surface area contributed by atoms with Crippen molar-refractivity contribution < 1.29 is 19.1 Å². The number of ether oxygens (including phenoxy) is 2. The van der Waals surface area contributed by atoms with Crippen LogP contribution in [0.4, 0.5) is 0 Å². The number of hydrogen-bond donors (Lipinski definition) is 1. The number of methoxy groups -OCH3 is 2. The Hall–Kier alpha value is -2.60. The van der Waals surface area contributed by atoms with Gasteiger partial charge in [-0.05, 0) is 37.5 Å². The summed E-state index contributed by atoms with van der Waals surface area (Å²) in [5.74, 6) is 0.185. The van der Waals surface area contributed by atoms with Gasteiger partial charge >= 0.3 is 5.97 Å². The predicted octanol–water partition coefficient (Wildman–Crippen LogP) is 3.03. The number of aromatic amines is 1. The summed E-state index contributed by atoms with van der Waals surface area (Å²) in [6.07, 6.45) is 4.41. The number of hydrogen-bond acceptors (Lipinski definition) is 5. The number of benzene rings is 1. The van der Waals surface area contributed by atoms with Crippen LogP contribution in [0.15, 0.2) is 29.8 Å². The molecule has 3 atom stereocenters. The standard InChI is InChI=1S/C22H26N2O4/c1-4-14(22(26)28-3)16-10-18-21-15(8-9-24(18)11-13(16)12-25)20-17(23-21)6-5-7-19(20)27-2/h4-7,12-13,16,18,23H,8-11H2,1-3H3/b14-4+/t13-,16-,18-/m0/s1. The van der Waals surface area contributed by atoms with Gasteiger partial charge in [0.1, 0.15) is 12.0 Å². The normalized spacial score (nSPS) is 25.1. The average molecular weight is 382 g/mol. The fourth-order valence-corrected chi connectivity index (χ4v) is 5.01. The fourth-order valence-electron chi connectivity index (χ4n) is 5.01. The molecule has 2 aromatic rings. The minimum Gasteiger partial charge on any atom is -0.496 e. The molecule has 1 aromatic heterocycles. The van der Waals surface area contributed by atoms with E-state index in [9.17, 15) is 9.59 Å². The van der Waals surface area contributed by atoms with E-state index in [1.165, 1.54) is 18.4 Å². The molecule has 0 unspecified atom stereocenters. The van der Waals surface area contributed by atoms with Gasteiger partial charge in [0, 0.05) is 47.1 Å². The minimum absolute atomic E-state index is 0.140. The molecule has 28 heavy (non-hydrogen) atoms. The Kier molecular flexibility index (Phi) is 4.98. The molecule has 1 aromatic carbocycles. The van der Waals surface area contributed by atoms with Crippen LogP contribution in [0.5, 0.6) is 5.75 Å². The zero-order valence-corrected chi connectivity index (χ0v) is 16.5. The lowest BCUT2D eigenvalue weighted by atomic mass is 9.75. The van der Waals surface area contributed by atoms with E-state index in [2.05, 4.69) is 16.0 Å². The van der Waals surface area contributed by atoms with Crippen LogP contribution in [0.1, 0.15) is 30.6 Å². The lowest BCUT2D eigenvalue weighted by Gasteiger charge is -2.45. The van der Waals surface area contributed by atoms with E-state index >= 15 is 0 Å². The molecule has 6 heteroatoms. The second-order valence-electron chi connectivity index (χ2n) is 7.54. The summed E-state index contributed by atoms with van der Waals surface area (Å²) in [5, 5.41) is 1.15. The van der Waals surface area contributed by atoms with Crippen LogP contribution in [-0.2, 0) is 20.7 Å². The third-order valence-corrected chi connectivity index (χ3v) is 6.31. The Labute approximate surface area is 164 Å². The number of carbonyl (C=O) groups is 2. The van der Waals surface area contributed by atoms with Crippen LogP contribution >= 0.6 is 0 Å². The molecule has 0 spiro atoms. The van der Waals surface area contributed by atoms with Gasteiger partial charge in [-0.25, -0.2) is 4.79 Å². The predicted molar refractivity (Wildman–Crippen MR) is 106 cm³/mol. The van der Waals surface area contributed by atoms with Crippen molar-refractivity contribution in [3.05, 3.63) is 41.1 Å². The molecule has 3 heterocycles. The summed E-state index contributed by atoms with van der Waals surface area (Å²) < 4.78 is 10.6. The van der Waals surface area contributed by atoms with Gasteiger partial charge < -0.3 is 19.3 Å². The first-order chi connectivity index (χ1) is 13.6. The minimum atomic E-state index is -0.345. The number of fused-ring (bicyclic) bond motifs is 5. The Balaban J connectivity index is 1.77. The van der Waals surface area contributed by atoms with Crippen molar-refractivity contribution in [3.63, 3.8) is 0 Å².